The first-order valence-corrected chi connectivity index (χ1v) is 11.1. The number of sulfonamides is 1. The third-order valence-electron chi connectivity index (χ3n) is 4.15. The fraction of sp³-hybridized carbons (Fsp3) is 0.381. The van der Waals surface area contributed by atoms with Crippen LogP contribution in [0.15, 0.2) is 58.4 Å². The third kappa shape index (κ3) is 8.99. The van der Waals surface area contributed by atoms with Crippen LogP contribution in [-0.4, -0.2) is 41.2 Å². The van der Waals surface area contributed by atoms with Gasteiger partial charge >= 0.3 is 0 Å². The van der Waals surface area contributed by atoms with E-state index >= 15 is 0 Å². The number of hydrogen-bond acceptors (Lipinski definition) is 4. The molecule has 0 atom stereocenters. The molecule has 3 N–H and O–H groups in total. The minimum absolute atomic E-state index is 0. The van der Waals surface area contributed by atoms with Gasteiger partial charge in [0, 0.05) is 26.7 Å². The summed E-state index contributed by atoms with van der Waals surface area (Å²) in [6.07, 6.45) is 0. The summed E-state index contributed by atoms with van der Waals surface area (Å²) >= 11 is 0. The van der Waals surface area contributed by atoms with Crippen molar-refractivity contribution in [2.45, 2.75) is 31.8 Å². The van der Waals surface area contributed by atoms with Gasteiger partial charge in [-0.3, -0.25) is 0 Å². The number of nitrogens with zero attached hydrogens (tertiary/aromatic N) is 1. The lowest BCUT2D eigenvalue weighted by molar-refractivity contribution is 0.204. The van der Waals surface area contributed by atoms with E-state index in [1.165, 1.54) is 12.7 Å². The van der Waals surface area contributed by atoms with Gasteiger partial charge in [-0.25, -0.2) is 18.1 Å². The summed E-state index contributed by atoms with van der Waals surface area (Å²) in [6, 6.07) is 15.1. The molecule has 0 spiro atoms. The minimum Gasteiger partial charge on any atom is -0.383 e. The van der Waals surface area contributed by atoms with Crippen LogP contribution in [0, 0.1) is 6.92 Å². The fourth-order valence-electron chi connectivity index (χ4n) is 2.58. The molecule has 0 radical (unpaired) electrons. The summed E-state index contributed by atoms with van der Waals surface area (Å²) in [5.74, 6) is 0.680. The van der Waals surface area contributed by atoms with Crippen LogP contribution in [0.25, 0.3) is 0 Å². The van der Waals surface area contributed by atoms with Gasteiger partial charge in [-0.1, -0.05) is 42.0 Å². The van der Waals surface area contributed by atoms with Crippen molar-refractivity contribution in [3.05, 3.63) is 65.2 Å². The van der Waals surface area contributed by atoms with Gasteiger partial charge in [-0.15, -0.1) is 24.0 Å². The summed E-state index contributed by atoms with van der Waals surface area (Å²) in [4.78, 5) is 4.80. The number of methoxy groups -OCH3 is 1. The van der Waals surface area contributed by atoms with E-state index < -0.39 is 10.0 Å². The van der Waals surface area contributed by atoms with E-state index in [-0.39, 0.29) is 35.4 Å². The molecule has 2 aromatic carbocycles. The lowest BCUT2D eigenvalue weighted by Crippen LogP contribution is -2.36. The Morgan fingerprint density at radius 2 is 1.80 bits per heavy atom. The number of hydrogen-bond donors (Lipinski definition) is 3. The number of halogens is 1. The van der Waals surface area contributed by atoms with Crippen LogP contribution in [0.4, 0.5) is 0 Å². The number of aliphatic imine (C=N–C) groups is 1. The van der Waals surface area contributed by atoms with Crippen molar-refractivity contribution in [3.63, 3.8) is 0 Å². The molecule has 0 saturated heterocycles. The van der Waals surface area contributed by atoms with E-state index in [0.29, 0.717) is 25.7 Å². The summed E-state index contributed by atoms with van der Waals surface area (Å²) in [5, 5.41) is 6.51. The monoisotopic (exact) mass is 546 g/mol. The van der Waals surface area contributed by atoms with Crippen LogP contribution in [0.1, 0.15) is 23.6 Å². The molecule has 0 heterocycles. The van der Waals surface area contributed by atoms with E-state index in [0.717, 1.165) is 17.7 Å². The maximum absolute atomic E-state index is 12.4. The van der Waals surface area contributed by atoms with Crippen LogP contribution < -0.4 is 15.4 Å². The topological polar surface area (TPSA) is 91.8 Å². The quantitative estimate of drug-likeness (QED) is 0.185. The summed E-state index contributed by atoms with van der Waals surface area (Å²) in [5.41, 5.74) is 3.20. The van der Waals surface area contributed by atoms with Crippen molar-refractivity contribution in [1.29, 1.82) is 0 Å². The van der Waals surface area contributed by atoms with Gasteiger partial charge in [-0.2, -0.15) is 0 Å². The highest BCUT2D eigenvalue weighted by Crippen LogP contribution is 2.12. The normalized spacial score (nSPS) is 11.6. The maximum Gasteiger partial charge on any atom is 0.240 e. The van der Waals surface area contributed by atoms with Crippen LogP contribution in [0.5, 0.6) is 0 Å². The predicted octanol–water partition coefficient (Wildman–Crippen LogP) is 2.79. The molecule has 7 nitrogen and oxygen atoms in total. The van der Waals surface area contributed by atoms with E-state index in [2.05, 4.69) is 51.5 Å². The molecule has 0 bridgehead atoms. The van der Waals surface area contributed by atoms with E-state index in [4.69, 9.17) is 4.74 Å². The smallest absolute Gasteiger partial charge is 0.240 e. The van der Waals surface area contributed by atoms with Crippen LogP contribution in [-0.2, 0) is 27.8 Å². The number of guanidine groups is 1. The Bertz CT molecular complexity index is 903. The van der Waals surface area contributed by atoms with Crippen molar-refractivity contribution in [3.8, 4) is 0 Å². The average Bonchev–Trinajstić information content (AvgIpc) is 2.71. The first kappa shape index (κ1) is 26.3. The van der Waals surface area contributed by atoms with Gasteiger partial charge in [0.25, 0.3) is 0 Å². The molecule has 0 aliphatic rings. The van der Waals surface area contributed by atoms with Gasteiger partial charge < -0.3 is 15.4 Å². The number of nitrogens with one attached hydrogen (secondary N) is 3. The first-order valence-electron chi connectivity index (χ1n) is 9.60. The zero-order valence-corrected chi connectivity index (χ0v) is 20.8. The Morgan fingerprint density at radius 1 is 1.07 bits per heavy atom. The Hall–Kier alpha value is -1.69. The molecule has 2 rings (SSSR count). The number of ether oxygens (including phenoxy) is 1. The molecule has 0 amide bonds. The molecule has 0 fully saturated rings. The molecule has 9 heteroatoms. The fourth-order valence-corrected chi connectivity index (χ4v) is 3.66. The highest BCUT2D eigenvalue weighted by molar-refractivity contribution is 14.0. The van der Waals surface area contributed by atoms with Gasteiger partial charge in [0.1, 0.15) is 0 Å². The zero-order valence-electron chi connectivity index (χ0n) is 17.6. The predicted molar refractivity (Wildman–Crippen MR) is 132 cm³/mol. The highest BCUT2D eigenvalue weighted by atomic mass is 127. The Kier molecular flexibility index (Phi) is 11.9. The molecule has 0 aromatic heterocycles. The van der Waals surface area contributed by atoms with Gasteiger partial charge in [0.05, 0.1) is 18.0 Å². The highest BCUT2D eigenvalue weighted by Gasteiger charge is 2.13. The van der Waals surface area contributed by atoms with Crippen molar-refractivity contribution < 1.29 is 13.2 Å². The van der Waals surface area contributed by atoms with E-state index in [1.54, 1.807) is 18.2 Å². The average molecular weight is 546 g/mol. The van der Waals surface area contributed by atoms with Gasteiger partial charge in [0.2, 0.25) is 10.0 Å². The van der Waals surface area contributed by atoms with Gasteiger partial charge in [-0.05, 0) is 37.1 Å². The van der Waals surface area contributed by atoms with Crippen molar-refractivity contribution in [1.82, 2.24) is 15.4 Å². The van der Waals surface area contributed by atoms with Crippen molar-refractivity contribution in [2.75, 3.05) is 26.8 Å². The molecule has 2 aromatic rings. The Labute approximate surface area is 196 Å². The molecule has 0 aliphatic carbocycles. The minimum atomic E-state index is -3.56. The Balaban J connectivity index is 0.00000450. The van der Waals surface area contributed by atoms with Crippen molar-refractivity contribution in [2.24, 2.45) is 4.99 Å². The van der Waals surface area contributed by atoms with E-state index in [1.807, 2.05) is 13.0 Å². The lowest BCUT2D eigenvalue weighted by atomic mass is 10.1. The number of benzene rings is 2. The second-order valence-electron chi connectivity index (χ2n) is 6.57. The summed E-state index contributed by atoms with van der Waals surface area (Å²) in [7, 11) is -2.03. The standard InChI is InChI=1S/C21H30N4O3S.HI/c1-4-22-21(23-15-18-10-8-17(2)9-11-18)24-16-19-6-5-7-20(14-19)29(26,27)25-12-13-28-3;/h5-11,14,25H,4,12-13,15-16H2,1-3H3,(H2,22,23,24);1H. The number of aryl methyl sites for hydroxylation is 1. The molecular formula is C21H31IN4O3S. The molecule has 30 heavy (non-hydrogen) atoms. The second kappa shape index (κ2) is 13.6. The molecular weight excluding hydrogens is 515 g/mol. The largest absolute Gasteiger partial charge is 0.383 e. The molecule has 0 aliphatic heterocycles. The molecule has 166 valence electrons. The molecule has 0 unspecified atom stereocenters. The zero-order chi connectivity index (χ0) is 21.1. The summed E-state index contributed by atoms with van der Waals surface area (Å²) in [6.45, 7) is 6.37. The molecule has 0 saturated carbocycles. The lowest BCUT2D eigenvalue weighted by Gasteiger charge is -2.12. The van der Waals surface area contributed by atoms with E-state index in [9.17, 15) is 8.42 Å². The van der Waals surface area contributed by atoms with Crippen LogP contribution in [0.2, 0.25) is 0 Å². The van der Waals surface area contributed by atoms with Crippen LogP contribution >= 0.6 is 24.0 Å². The maximum atomic E-state index is 12.4. The first-order chi connectivity index (χ1) is 13.9. The van der Waals surface area contributed by atoms with Crippen LogP contribution in [0.3, 0.4) is 0 Å². The summed E-state index contributed by atoms with van der Waals surface area (Å²) < 4.78 is 32.1. The SMILES string of the molecule is CCNC(=NCc1cccc(S(=O)(=O)NCCOC)c1)NCc1ccc(C)cc1.I. The van der Waals surface area contributed by atoms with Gasteiger partial charge in [0.15, 0.2) is 5.96 Å². The second-order valence-corrected chi connectivity index (χ2v) is 8.34. The third-order valence-corrected chi connectivity index (χ3v) is 5.61. The van der Waals surface area contributed by atoms with Crippen molar-refractivity contribution >= 4 is 40.0 Å². The Morgan fingerprint density at radius 3 is 2.47 bits per heavy atom. The number of rotatable bonds is 10.